The van der Waals surface area contributed by atoms with Crippen molar-refractivity contribution in [3.8, 4) is 5.75 Å². The minimum atomic E-state index is -0.0398. The predicted molar refractivity (Wildman–Crippen MR) is 56.5 cm³/mol. The third kappa shape index (κ3) is 3.99. The SMILES string of the molecule is CNC(=O)CCOc1ccc(CO)cc1. The van der Waals surface area contributed by atoms with Crippen molar-refractivity contribution in [2.75, 3.05) is 13.7 Å². The lowest BCUT2D eigenvalue weighted by Gasteiger charge is -2.05. The molecule has 0 saturated heterocycles. The van der Waals surface area contributed by atoms with Gasteiger partial charge in [-0.25, -0.2) is 0 Å². The number of benzene rings is 1. The Balaban J connectivity index is 2.34. The molecule has 0 saturated carbocycles. The van der Waals surface area contributed by atoms with Crippen molar-refractivity contribution in [2.24, 2.45) is 0 Å². The lowest BCUT2D eigenvalue weighted by Crippen LogP contribution is -2.20. The van der Waals surface area contributed by atoms with E-state index in [1.54, 1.807) is 31.3 Å². The number of rotatable bonds is 5. The Morgan fingerprint density at radius 1 is 1.40 bits per heavy atom. The molecule has 4 heteroatoms. The molecule has 1 amide bonds. The molecule has 0 aromatic heterocycles. The molecule has 1 aromatic carbocycles. The fraction of sp³-hybridized carbons (Fsp3) is 0.364. The van der Waals surface area contributed by atoms with E-state index in [1.165, 1.54) is 0 Å². The Bertz CT molecular complexity index is 308. The van der Waals surface area contributed by atoms with Gasteiger partial charge in [-0.2, -0.15) is 0 Å². The van der Waals surface area contributed by atoms with Gasteiger partial charge >= 0.3 is 0 Å². The zero-order valence-corrected chi connectivity index (χ0v) is 8.69. The molecule has 4 nitrogen and oxygen atoms in total. The molecule has 0 heterocycles. The second-order valence-electron chi connectivity index (χ2n) is 3.07. The van der Waals surface area contributed by atoms with E-state index in [4.69, 9.17) is 9.84 Å². The van der Waals surface area contributed by atoms with Crippen molar-refractivity contribution in [2.45, 2.75) is 13.0 Å². The zero-order chi connectivity index (χ0) is 11.1. The molecule has 0 aliphatic rings. The summed E-state index contributed by atoms with van der Waals surface area (Å²) in [5.74, 6) is 0.665. The van der Waals surface area contributed by atoms with Gasteiger partial charge in [0.2, 0.25) is 5.91 Å². The standard InChI is InChI=1S/C11H15NO3/c1-12-11(14)6-7-15-10-4-2-9(8-13)3-5-10/h2-5,13H,6-8H2,1H3,(H,12,14). The van der Waals surface area contributed by atoms with Gasteiger partial charge < -0.3 is 15.2 Å². The van der Waals surface area contributed by atoms with E-state index in [0.29, 0.717) is 18.8 Å². The maximum atomic E-state index is 10.9. The molecule has 0 aliphatic carbocycles. The van der Waals surface area contributed by atoms with Crippen LogP contribution < -0.4 is 10.1 Å². The monoisotopic (exact) mass is 209 g/mol. The Morgan fingerprint density at radius 2 is 2.07 bits per heavy atom. The highest BCUT2D eigenvalue weighted by molar-refractivity contribution is 5.75. The van der Waals surface area contributed by atoms with Crippen molar-refractivity contribution >= 4 is 5.91 Å². The van der Waals surface area contributed by atoms with Crippen molar-refractivity contribution in [1.29, 1.82) is 0 Å². The maximum absolute atomic E-state index is 10.9. The quantitative estimate of drug-likeness (QED) is 0.750. The summed E-state index contributed by atoms with van der Waals surface area (Å²) in [6, 6.07) is 7.12. The van der Waals surface area contributed by atoms with E-state index in [0.717, 1.165) is 5.56 Å². The Morgan fingerprint density at radius 3 is 2.60 bits per heavy atom. The molecule has 0 atom stereocenters. The summed E-state index contributed by atoms with van der Waals surface area (Å²) in [5.41, 5.74) is 0.841. The Labute approximate surface area is 88.9 Å². The summed E-state index contributed by atoms with van der Waals surface area (Å²) in [5, 5.41) is 11.3. The minimum Gasteiger partial charge on any atom is -0.493 e. The molecule has 82 valence electrons. The fourth-order valence-corrected chi connectivity index (χ4v) is 1.08. The average molecular weight is 209 g/mol. The highest BCUT2D eigenvalue weighted by atomic mass is 16.5. The van der Waals surface area contributed by atoms with Crippen LogP contribution in [0.25, 0.3) is 0 Å². The first-order valence-electron chi connectivity index (χ1n) is 4.79. The number of nitrogens with one attached hydrogen (secondary N) is 1. The molecular formula is C11H15NO3. The normalized spacial score (nSPS) is 9.73. The first-order valence-corrected chi connectivity index (χ1v) is 4.79. The number of hydrogen-bond acceptors (Lipinski definition) is 3. The smallest absolute Gasteiger partial charge is 0.223 e. The van der Waals surface area contributed by atoms with Gasteiger partial charge in [-0.1, -0.05) is 12.1 Å². The van der Waals surface area contributed by atoms with Crippen LogP contribution in [0.4, 0.5) is 0 Å². The largest absolute Gasteiger partial charge is 0.493 e. The van der Waals surface area contributed by atoms with Crippen molar-refractivity contribution in [1.82, 2.24) is 5.32 Å². The highest BCUT2D eigenvalue weighted by Crippen LogP contribution is 2.12. The van der Waals surface area contributed by atoms with Crippen molar-refractivity contribution in [3.63, 3.8) is 0 Å². The minimum absolute atomic E-state index is 0.0263. The molecule has 15 heavy (non-hydrogen) atoms. The first kappa shape index (κ1) is 11.5. The molecule has 2 N–H and O–H groups in total. The van der Waals surface area contributed by atoms with Crippen LogP contribution in [0.2, 0.25) is 0 Å². The number of carbonyl (C=O) groups excluding carboxylic acids is 1. The molecule has 1 aromatic rings. The maximum Gasteiger partial charge on any atom is 0.223 e. The molecule has 0 bridgehead atoms. The van der Waals surface area contributed by atoms with E-state index in [1.807, 2.05) is 0 Å². The van der Waals surface area contributed by atoms with Gasteiger partial charge in [-0.05, 0) is 17.7 Å². The second kappa shape index (κ2) is 6.03. The summed E-state index contributed by atoms with van der Waals surface area (Å²) in [6.07, 6.45) is 0.345. The molecule has 0 fully saturated rings. The number of carbonyl (C=O) groups is 1. The van der Waals surface area contributed by atoms with E-state index < -0.39 is 0 Å². The van der Waals surface area contributed by atoms with Crippen LogP contribution in [0.1, 0.15) is 12.0 Å². The molecule has 0 unspecified atom stereocenters. The summed E-state index contributed by atoms with van der Waals surface area (Å²) in [7, 11) is 1.60. The number of hydrogen-bond donors (Lipinski definition) is 2. The van der Waals surface area contributed by atoms with E-state index in [2.05, 4.69) is 5.32 Å². The van der Waals surface area contributed by atoms with Gasteiger partial charge in [0, 0.05) is 7.05 Å². The Kier molecular flexibility index (Phi) is 4.63. The van der Waals surface area contributed by atoms with Crippen LogP contribution in [0.3, 0.4) is 0 Å². The van der Waals surface area contributed by atoms with Crippen molar-refractivity contribution < 1.29 is 14.6 Å². The molecule has 0 radical (unpaired) electrons. The molecule has 0 spiro atoms. The molecule has 1 rings (SSSR count). The van der Waals surface area contributed by atoms with Crippen LogP contribution in [0.15, 0.2) is 24.3 Å². The number of amides is 1. The third-order valence-corrected chi connectivity index (χ3v) is 1.98. The molecule has 0 aliphatic heterocycles. The van der Waals surface area contributed by atoms with Crippen LogP contribution in [0, 0.1) is 0 Å². The average Bonchev–Trinajstić information content (AvgIpc) is 2.29. The van der Waals surface area contributed by atoms with Gasteiger partial charge in [0.15, 0.2) is 0 Å². The third-order valence-electron chi connectivity index (χ3n) is 1.98. The summed E-state index contributed by atoms with van der Waals surface area (Å²) >= 11 is 0. The van der Waals surface area contributed by atoms with Gasteiger partial charge in [-0.3, -0.25) is 4.79 Å². The zero-order valence-electron chi connectivity index (χ0n) is 8.69. The summed E-state index contributed by atoms with van der Waals surface area (Å²) < 4.78 is 5.34. The summed E-state index contributed by atoms with van der Waals surface area (Å²) in [6.45, 7) is 0.386. The van der Waals surface area contributed by atoms with E-state index in [9.17, 15) is 4.79 Å². The fourth-order valence-electron chi connectivity index (χ4n) is 1.08. The van der Waals surface area contributed by atoms with E-state index in [-0.39, 0.29) is 12.5 Å². The van der Waals surface area contributed by atoms with Gasteiger partial charge in [0.1, 0.15) is 5.75 Å². The van der Waals surface area contributed by atoms with Crippen LogP contribution >= 0.6 is 0 Å². The Hall–Kier alpha value is -1.55. The van der Waals surface area contributed by atoms with Crippen LogP contribution in [-0.2, 0) is 11.4 Å². The highest BCUT2D eigenvalue weighted by Gasteiger charge is 1.98. The van der Waals surface area contributed by atoms with Crippen LogP contribution in [-0.4, -0.2) is 24.7 Å². The van der Waals surface area contributed by atoms with E-state index >= 15 is 0 Å². The van der Waals surface area contributed by atoms with Gasteiger partial charge in [-0.15, -0.1) is 0 Å². The summed E-state index contributed by atoms with van der Waals surface area (Å²) in [4.78, 5) is 10.9. The first-order chi connectivity index (χ1) is 7.26. The predicted octanol–water partition coefficient (Wildman–Crippen LogP) is 0.694. The van der Waals surface area contributed by atoms with Crippen molar-refractivity contribution in [3.05, 3.63) is 29.8 Å². The topological polar surface area (TPSA) is 58.6 Å². The molecular weight excluding hydrogens is 194 g/mol. The number of ether oxygens (including phenoxy) is 1. The van der Waals surface area contributed by atoms with Crippen LogP contribution in [0.5, 0.6) is 5.75 Å². The van der Waals surface area contributed by atoms with Gasteiger partial charge in [0.05, 0.1) is 19.6 Å². The van der Waals surface area contributed by atoms with Gasteiger partial charge in [0.25, 0.3) is 0 Å². The lowest BCUT2D eigenvalue weighted by molar-refractivity contribution is -0.121. The lowest BCUT2D eigenvalue weighted by atomic mass is 10.2. The second-order valence-corrected chi connectivity index (χ2v) is 3.07. The number of aliphatic hydroxyl groups is 1. The number of aliphatic hydroxyl groups excluding tert-OH is 1.